The number of fused-ring (bicyclic) bond motifs is 2. The zero-order chi connectivity index (χ0) is 18.1. The van der Waals surface area contributed by atoms with Crippen molar-refractivity contribution in [2.45, 2.75) is 25.6 Å². The molecule has 1 atom stereocenters. The van der Waals surface area contributed by atoms with Crippen LogP contribution >= 0.6 is 0 Å². The largest absolute Gasteiger partial charge is 0.437 e. The molecule has 1 unspecified atom stereocenters. The third-order valence-corrected chi connectivity index (χ3v) is 5.88. The molecule has 4 nitrogen and oxygen atoms in total. The lowest BCUT2D eigenvalue weighted by Crippen LogP contribution is -2.44. The molecular formula is C21H25BN2O2. The van der Waals surface area contributed by atoms with Gasteiger partial charge in [-0.1, -0.05) is 30.3 Å². The number of benzene rings is 1. The average molecular weight is 348 g/mol. The molecule has 0 saturated carbocycles. The number of rotatable bonds is 3. The molecule has 2 N–H and O–H groups in total. The standard InChI is InChI=1S/C21H25BN2O2/c1-22(26)24-11-8-15(9-12-24)20-18-6-3-2-5-16(18)13-17(14-25)19-7-4-10-23-21(19)20/h2-7,10,13,15,20,25-26H,8-9,11-12,14H2,1H3. The van der Waals surface area contributed by atoms with E-state index >= 15 is 0 Å². The molecule has 1 aromatic heterocycles. The highest BCUT2D eigenvalue weighted by molar-refractivity contribution is 6.45. The zero-order valence-corrected chi connectivity index (χ0v) is 15.2. The molecule has 1 aliphatic heterocycles. The Bertz CT molecular complexity index is 813. The van der Waals surface area contributed by atoms with Crippen LogP contribution < -0.4 is 0 Å². The molecule has 1 saturated heterocycles. The van der Waals surface area contributed by atoms with Crippen molar-refractivity contribution in [3.05, 3.63) is 65.0 Å². The van der Waals surface area contributed by atoms with E-state index in [0.29, 0.717) is 5.92 Å². The van der Waals surface area contributed by atoms with Crippen molar-refractivity contribution in [2.24, 2.45) is 5.92 Å². The fourth-order valence-corrected chi connectivity index (χ4v) is 4.51. The summed E-state index contributed by atoms with van der Waals surface area (Å²) in [4.78, 5) is 6.91. The molecule has 4 rings (SSSR count). The molecule has 0 amide bonds. The Morgan fingerprint density at radius 2 is 1.92 bits per heavy atom. The van der Waals surface area contributed by atoms with E-state index in [0.717, 1.165) is 42.8 Å². The van der Waals surface area contributed by atoms with Crippen molar-refractivity contribution in [1.29, 1.82) is 0 Å². The topological polar surface area (TPSA) is 56.6 Å². The van der Waals surface area contributed by atoms with E-state index < -0.39 is 0 Å². The van der Waals surface area contributed by atoms with E-state index in [1.807, 2.05) is 19.1 Å². The molecule has 1 aliphatic carbocycles. The van der Waals surface area contributed by atoms with Crippen LogP contribution in [-0.4, -0.2) is 46.7 Å². The third kappa shape index (κ3) is 3.11. The third-order valence-electron chi connectivity index (χ3n) is 5.88. The van der Waals surface area contributed by atoms with Crippen molar-refractivity contribution < 1.29 is 10.1 Å². The SMILES string of the molecule is CB(O)N1CCC(C2c3ccccc3C=C(CO)c3cccnc32)CC1. The van der Waals surface area contributed by atoms with Gasteiger partial charge in [0.25, 0.3) is 0 Å². The van der Waals surface area contributed by atoms with Crippen LogP contribution in [0.5, 0.6) is 0 Å². The first-order valence-electron chi connectivity index (χ1n) is 9.47. The van der Waals surface area contributed by atoms with Crippen LogP contribution in [0, 0.1) is 5.92 Å². The highest BCUT2D eigenvalue weighted by Crippen LogP contribution is 2.43. The van der Waals surface area contributed by atoms with Crippen molar-refractivity contribution in [3.8, 4) is 0 Å². The molecule has 2 heterocycles. The maximum Gasteiger partial charge on any atom is 0.376 e. The summed E-state index contributed by atoms with van der Waals surface area (Å²) in [7, 11) is -0.384. The zero-order valence-electron chi connectivity index (χ0n) is 15.2. The number of pyridine rings is 1. The number of hydrogen-bond acceptors (Lipinski definition) is 4. The smallest absolute Gasteiger partial charge is 0.376 e. The molecule has 134 valence electrons. The second-order valence-electron chi connectivity index (χ2n) is 7.38. The number of aliphatic hydroxyl groups is 1. The Morgan fingerprint density at radius 3 is 2.65 bits per heavy atom. The van der Waals surface area contributed by atoms with E-state index in [4.69, 9.17) is 4.98 Å². The molecule has 2 aliphatic rings. The Labute approximate surface area is 155 Å². The molecule has 0 radical (unpaired) electrons. The van der Waals surface area contributed by atoms with E-state index in [1.165, 1.54) is 11.1 Å². The maximum absolute atomic E-state index is 9.95. The molecule has 1 aromatic carbocycles. The van der Waals surface area contributed by atoms with Crippen molar-refractivity contribution in [1.82, 2.24) is 9.79 Å². The summed E-state index contributed by atoms with van der Waals surface area (Å²) >= 11 is 0. The summed E-state index contributed by atoms with van der Waals surface area (Å²) in [6.45, 7) is 3.67. The van der Waals surface area contributed by atoms with Gasteiger partial charge in [-0.05, 0) is 67.5 Å². The van der Waals surface area contributed by atoms with Gasteiger partial charge in [-0.3, -0.25) is 4.98 Å². The van der Waals surface area contributed by atoms with E-state index in [1.54, 1.807) is 0 Å². The molecular weight excluding hydrogens is 323 g/mol. The number of nitrogens with zero attached hydrogens (tertiary/aromatic N) is 2. The highest BCUT2D eigenvalue weighted by atomic mass is 16.3. The summed E-state index contributed by atoms with van der Waals surface area (Å²) in [5.74, 6) is 0.699. The maximum atomic E-state index is 9.95. The lowest BCUT2D eigenvalue weighted by atomic mass is 9.73. The normalized spacial score (nSPS) is 20.7. The Morgan fingerprint density at radius 1 is 1.15 bits per heavy atom. The van der Waals surface area contributed by atoms with Gasteiger partial charge in [0.15, 0.2) is 0 Å². The fraction of sp³-hybridized carbons (Fsp3) is 0.381. The monoisotopic (exact) mass is 348 g/mol. The van der Waals surface area contributed by atoms with E-state index in [-0.39, 0.29) is 19.6 Å². The number of aromatic nitrogens is 1. The molecule has 5 heteroatoms. The molecule has 26 heavy (non-hydrogen) atoms. The lowest BCUT2D eigenvalue weighted by molar-refractivity contribution is 0.235. The second-order valence-corrected chi connectivity index (χ2v) is 7.38. The Balaban J connectivity index is 1.78. The van der Waals surface area contributed by atoms with Gasteiger partial charge in [0.05, 0.1) is 12.3 Å². The summed E-state index contributed by atoms with van der Waals surface area (Å²) < 4.78 is 0. The van der Waals surface area contributed by atoms with Crippen LogP contribution in [0.1, 0.15) is 41.1 Å². The van der Waals surface area contributed by atoms with Crippen molar-refractivity contribution in [3.63, 3.8) is 0 Å². The first-order valence-corrected chi connectivity index (χ1v) is 9.47. The molecule has 0 bridgehead atoms. The van der Waals surface area contributed by atoms with Gasteiger partial charge >= 0.3 is 7.05 Å². The van der Waals surface area contributed by atoms with Crippen molar-refractivity contribution >= 4 is 18.7 Å². The van der Waals surface area contributed by atoms with Crippen LogP contribution in [-0.2, 0) is 0 Å². The summed E-state index contributed by atoms with van der Waals surface area (Å²) in [5, 5.41) is 19.8. The fourth-order valence-electron chi connectivity index (χ4n) is 4.51. The minimum Gasteiger partial charge on any atom is -0.437 e. The average Bonchev–Trinajstić information content (AvgIpc) is 2.82. The van der Waals surface area contributed by atoms with Crippen LogP contribution in [0.15, 0.2) is 42.6 Å². The lowest BCUT2D eigenvalue weighted by Gasteiger charge is -2.37. The van der Waals surface area contributed by atoms with Crippen LogP contribution in [0.4, 0.5) is 0 Å². The van der Waals surface area contributed by atoms with Crippen molar-refractivity contribution in [2.75, 3.05) is 19.7 Å². The minimum absolute atomic E-state index is 0.0141. The molecule has 0 spiro atoms. The van der Waals surface area contributed by atoms with Gasteiger partial charge in [0.2, 0.25) is 0 Å². The number of hydrogen-bond donors (Lipinski definition) is 2. The molecule has 2 aromatic rings. The van der Waals surface area contributed by atoms with E-state index in [9.17, 15) is 10.1 Å². The summed E-state index contributed by atoms with van der Waals surface area (Å²) in [6.07, 6.45) is 6.04. The first kappa shape index (κ1) is 17.5. The van der Waals surface area contributed by atoms with Crippen LogP contribution in [0.25, 0.3) is 11.6 Å². The first-order chi connectivity index (χ1) is 12.7. The predicted octanol–water partition coefficient (Wildman–Crippen LogP) is 2.88. The minimum atomic E-state index is -0.384. The van der Waals surface area contributed by atoms with Gasteiger partial charge in [0, 0.05) is 17.7 Å². The molecule has 1 fully saturated rings. The summed E-state index contributed by atoms with van der Waals surface area (Å²) in [6, 6.07) is 12.5. The van der Waals surface area contributed by atoms with Gasteiger partial charge in [0.1, 0.15) is 0 Å². The van der Waals surface area contributed by atoms with Gasteiger partial charge in [-0.25, -0.2) is 0 Å². The Hall–Kier alpha value is -1.95. The quantitative estimate of drug-likeness (QED) is 0.838. The highest BCUT2D eigenvalue weighted by Gasteiger charge is 2.35. The van der Waals surface area contributed by atoms with Gasteiger partial charge < -0.3 is 14.9 Å². The predicted molar refractivity (Wildman–Crippen MR) is 106 cm³/mol. The van der Waals surface area contributed by atoms with Crippen LogP contribution in [0.3, 0.4) is 0 Å². The van der Waals surface area contributed by atoms with E-state index in [2.05, 4.69) is 41.2 Å². The van der Waals surface area contributed by atoms with Crippen LogP contribution in [0.2, 0.25) is 6.82 Å². The Kier molecular flexibility index (Phi) is 4.94. The number of piperidine rings is 1. The number of aliphatic hydroxyl groups excluding tert-OH is 1. The second kappa shape index (κ2) is 7.35. The van der Waals surface area contributed by atoms with Gasteiger partial charge in [-0.2, -0.15) is 0 Å². The summed E-state index contributed by atoms with van der Waals surface area (Å²) in [5.41, 5.74) is 5.55. The van der Waals surface area contributed by atoms with Gasteiger partial charge in [-0.15, -0.1) is 0 Å².